The number of nitrogens with one attached hydrogen (secondary N) is 1. The molecule has 1 aliphatic heterocycles. The summed E-state index contributed by atoms with van der Waals surface area (Å²) in [5.41, 5.74) is 2.92. The summed E-state index contributed by atoms with van der Waals surface area (Å²) >= 11 is 7.78. The maximum absolute atomic E-state index is 9.27. The monoisotopic (exact) mass is 397 g/mol. The first-order chi connectivity index (χ1) is 13.2. The number of thiophene rings is 1. The zero-order valence-electron chi connectivity index (χ0n) is 15.1. The summed E-state index contributed by atoms with van der Waals surface area (Å²) in [6.07, 6.45) is 3.68. The number of piperidine rings is 1. The fraction of sp³-hybridized carbons (Fsp3) is 0.350. The van der Waals surface area contributed by atoms with E-state index in [4.69, 9.17) is 11.6 Å². The van der Waals surface area contributed by atoms with Crippen LogP contribution < -0.4 is 5.32 Å². The van der Waals surface area contributed by atoms with Crippen LogP contribution in [-0.4, -0.2) is 34.0 Å². The minimum absolute atomic E-state index is 0.378. The molecule has 0 unspecified atom stereocenters. The molecular formula is C20H20ClN5S. The number of rotatable bonds is 4. The van der Waals surface area contributed by atoms with Crippen LogP contribution in [0.25, 0.3) is 10.2 Å². The third-order valence-electron chi connectivity index (χ3n) is 5.13. The topological polar surface area (TPSA) is 64.8 Å². The molecule has 0 aliphatic carbocycles. The Morgan fingerprint density at radius 3 is 2.85 bits per heavy atom. The summed E-state index contributed by atoms with van der Waals surface area (Å²) in [5, 5.41) is 13.9. The molecule has 3 heterocycles. The molecule has 1 fully saturated rings. The number of nitrogens with zero attached hydrogens (tertiary/aromatic N) is 4. The van der Waals surface area contributed by atoms with Gasteiger partial charge in [-0.1, -0.05) is 29.8 Å². The molecular weight excluding hydrogens is 378 g/mol. The van der Waals surface area contributed by atoms with Crippen molar-refractivity contribution in [2.75, 3.05) is 18.4 Å². The number of aryl methyl sites for hydroxylation is 1. The van der Waals surface area contributed by atoms with Gasteiger partial charge in [0.15, 0.2) is 0 Å². The normalized spacial score (nSPS) is 15.7. The van der Waals surface area contributed by atoms with Crippen LogP contribution in [0.3, 0.4) is 0 Å². The van der Waals surface area contributed by atoms with Crippen LogP contribution in [0.5, 0.6) is 0 Å². The van der Waals surface area contributed by atoms with Gasteiger partial charge in [-0.3, -0.25) is 4.90 Å². The number of likely N-dealkylation sites (tertiary alicyclic amines) is 1. The molecule has 0 saturated carbocycles. The number of halogens is 1. The fourth-order valence-corrected chi connectivity index (χ4v) is 4.78. The highest BCUT2D eigenvalue weighted by Crippen LogP contribution is 2.36. The largest absolute Gasteiger partial charge is 0.367 e. The molecule has 138 valence electrons. The van der Waals surface area contributed by atoms with Gasteiger partial charge in [0.2, 0.25) is 0 Å². The van der Waals surface area contributed by atoms with Gasteiger partial charge in [-0.15, -0.1) is 11.3 Å². The van der Waals surface area contributed by atoms with Gasteiger partial charge in [0, 0.05) is 25.7 Å². The predicted octanol–water partition coefficient (Wildman–Crippen LogP) is 4.60. The summed E-state index contributed by atoms with van der Waals surface area (Å²) in [4.78, 5) is 12.1. The minimum Gasteiger partial charge on any atom is -0.367 e. The average molecular weight is 398 g/mol. The Hall–Kier alpha value is -2.20. The van der Waals surface area contributed by atoms with Crippen LogP contribution in [0.15, 0.2) is 30.6 Å². The average Bonchev–Trinajstić information content (AvgIpc) is 2.99. The van der Waals surface area contributed by atoms with Gasteiger partial charge in [-0.25, -0.2) is 9.97 Å². The number of anilines is 1. The summed E-state index contributed by atoms with van der Waals surface area (Å²) < 4.78 is 0.777. The van der Waals surface area contributed by atoms with Crippen LogP contribution in [0.2, 0.25) is 4.34 Å². The van der Waals surface area contributed by atoms with Gasteiger partial charge in [0.05, 0.1) is 21.4 Å². The van der Waals surface area contributed by atoms with E-state index >= 15 is 0 Å². The molecule has 1 N–H and O–H groups in total. The van der Waals surface area contributed by atoms with E-state index in [0.717, 1.165) is 69.5 Å². The number of hydrogen-bond donors (Lipinski definition) is 1. The van der Waals surface area contributed by atoms with E-state index in [1.807, 2.05) is 31.2 Å². The Labute approximate surface area is 167 Å². The molecule has 0 atom stereocenters. The zero-order valence-corrected chi connectivity index (χ0v) is 16.6. The third-order valence-corrected chi connectivity index (χ3v) is 6.63. The Bertz CT molecular complexity index is 1000. The zero-order chi connectivity index (χ0) is 18.8. The summed E-state index contributed by atoms with van der Waals surface area (Å²) in [6.45, 7) is 4.84. The second-order valence-corrected chi connectivity index (χ2v) is 8.47. The molecule has 27 heavy (non-hydrogen) atoms. The van der Waals surface area contributed by atoms with E-state index < -0.39 is 0 Å². The number of nitriles is 1. The molecule has 0 radical (unpaired) electrons. The van der Waals surface area contributed by atoms with Crippen LogP contribution in [0.1, 0.15) is 29.5 Å². The van der Waals surface area contributed by atoms with Gasteiger partial charge in [0.1, 0.15) is 17.0 Å². The summed E-state index contributed by atoms with van der Waals surface area (Å²) in [6, 6.07) is 10.5. The minimum atomic E-state index is 0.378. The molecule has 0 spiro atoms. The maximum Gasteiger partial charge on any atom is 0.138 e. The van der Waals surface area contributed by atoms with E-state index in [2.05, 4.69) is 26.3 Å². The van der Waals surface area contributed by atoms with Crippen molar-refractivity contribution in [2.24, 2.45) is 0 Å². The molecule has 1 aromatic carbocycles. The lowest BCUT2D eigenvalue weighted by atomic mass is 10.0. The third kappa shape index (κ3) is 3.77. The van der Waals surface area contributed by atoms with E-state index in [1.165, 1.54) is 11.3 Å². The molecule has 7 heteroatoms. The second kappa shape index (κ2) is 7.81. The first kappa shape index (κ1) is 18.2. The Morgan fingerprint density at radius 2 is 2.07 bits per heavy atom. The quantitative estimate of drug-likeness (QED) is 0.696. The number of aromatic nitrogens is 2. The lowest BCUT2D eigenvalue weighted by molar-refractivity contribution is 0.211. The first-order valence-electron chi connectivity index (χ1n) is 9.02. The highest BCUT2D eigenvalue weighted by molar-refractivity contribution is 7.22. The molecule has 5 nitrogen and oxygen atoms in total. The lowest BCUT2D eigenvalue weighted by Gasteiger charge is -2.32. The highest BCUT2D eigenvalue weighted by Gasteiger charge is 2.22. The number of benzene rings is 1. The fourth-order valence-electron chi connectivity index (χ4n) is 3.59. The first-order valence-corrected chi connectivity index (χ1v) is 10.2. The van der Waals surface area contributed by atoms with Crippen molar-refractivity contribution in [3.8, 4) is 6.07 Å². The standard InChI is InChI=1S/C20H20ClN5S/c1-13-17-19(23-12-24-20(17)27-18(13)21)25-16-6-8-26(9-7-16)11-15-5-3-2-4-14(15)10-22/h2-5,12,16H,6-9,11H2,1H3,(H,23,24,25). The molecule has 2 aromatic heterocycles. The van der Waals surface area contributed by atoms with Crippen LogP contribution in [0, 0.1) is 18.3 Å². The van der Waals surface area contributed by atoms with E-state index in [9.17, 15) is 5.26 Å². The molecule has 1 aliphatic rings. The molecule has 4 rings (SSSR count). The van der Waals surface area contributed by atoms with Crippen LogP contribution in [-0.2, 0) is 6.54 Å². The van der Waals surface area contributed by atoms with Crippen LogP contribution >= 0.6 is 22.9 Å². The van der Waals surface area contributed by atoms with Crippen molar-refractivity contribution in [1.82, 2.24) is 14.9 Å². The van der Waals surface area contributed by atoms with Gasteiger partial charge >= 0.3 is 0 Å². The predicted molar refractivity (Wildman–Crippen MR) is 110 cm³/mol. The lowest BCUT2D eigenvalue weighted by Crippen LogP contribution is -2.39. The number of fused-ring (bicyclic) bond motifs is 1. The summed E-state index contributed by atoms with van der Waals surface area (Å²) in [5.74, 6) is 0.883. The Morgan fingerprint density at radius 1 is 1.30 bits per heavy atom. The molecule has 1 saturated heterocycles. The molecule has 0 amide bonds. The molecule has 0 bridgehead atoms. The van der Waals surface area contributed by atoms with E-state index in [0.29, 0.717) is 6.04 Å². The van der Waals surface area contributed by atoms with Gasteiger partial charge < -0.3 is 5.32 Å². The van der Waals surface area contributed by atoms with E-state index in [-0.39, 0.29) is 0 Å². The summed E-state index contributed by atoms with van der Waals surface area (Å²) in [7, 11) is 0. The molecule has 3 aromatic rings. The van der Waals surface area contributed by atoms with Crippen molar-refractivity contribution < 1.29 is 0 Å². The smallest absolute Gasteiger partial charge is 0.138 e. The van der Waals surface area contributed by atoms with Crippen molar-refractivity contribution in [2.45, 2.75) is 32.4 Å². The van der Waals surface area contributed by atoms with Crippen LogP contribution in [0.4, 0.5) is 5.82 Å². The van der Waals surface area contributed by atoms with Gasteiger partial charge in [-0.2, -0.15) is 5.26 Å². The maximum atomic E-state index is 9.27. The Balaban J connectivity index is 1.41. The van der Waals surface area contributed by atoms with Crippen molar-refractivity contribution in [3.05, 3.63) is 51.6 Å². The van der Waals surface area contributed by atoms with Gasteiger partial charge in [-0.05, 0) is 37.0 Å². The second-order valence-electron chi connectivity index (χ2n) is 6.87. The number of hydrogen-bond acceptors (Lipinski definition) is 6. The van der Waals surface area contributed by atoms with Crippen molar-refractivity contribution >= 4 is 39.0 Å². The van der Waals surface area contributed by atoms with Crippen molar-refractivity contribution in [3.63, 3.8) is 0 Å². The van der Waals surface area contributed by atoms with Crippen molar-refractivity contribution in [1.29, 1.82) is 5.26 Å². The highest BCUT2D eigenvalue weighted by atomic mass is 35.5. The Kier molecular flexibility index (Phi) is 5.26. The van der Waals surface area contributed by atoms with E-state index in [1.54, 1.807) is 6.33 Å². The van der Waals surface area contributed by atoms with Gasteiger partial charge in [0.25, 0.3) is 0 Å². The SMILES string of the molecule is Cc1c(Cl)sc2ncnc(NC3CCN(Cc4ccccc4C#N)CC3)c12.